The molecule has 0 aliphatic carbocycles. The molecule has 24 heavy (non-hydrogen) atoms. The number of amides is 1. The van der Waals surface area contributed by atoms with Gasteiger partial charge in [-0.05, 0) is 59.9 Å². The van der Waals surface area contributed by atoms with Crippen molar-refractivity contribution in [1.29, 1.82) is 0 Å². The Bertz CT molecular complexity index is 674. The van der Waals surface area contributed by atoms with Crippen molar-refractivity contribution in [3.63, 3.8) is 0 Å². The minimum Gasteiger partial charge on any atom is -0.494 e. The lowest BCUT2D eigenvalue weighted by molar-refractivity contribution is 0.0955. The molecule has 0 atom stereocenters. The van der Waals surface area contributed by atoms with Crippen molar-refractivity contribution in [1.82, 2.24) is 5.43 Å². The highest BCUT2D eigenvalue weighted by atomic mass is 16.5. The van der Waals surface area contributed by atoms with Gasteiger partial charge in [-0.2, -0.15) is 5.10 Å². The van der Waals surface area contributed by atoms with Crippen LogP contribution < -0.4 is 10.2 Å². The van der Waals surface area contributed by atoms with E-state index >= 15 is 0 Å². The molecule has 0 aliphatic rings. The predicted octanol–water partition coefficient (Wildman–Crippen LogP) is 4.36. The third-order valence-corrected chi connectivity index (χ3v) is 3.57. The second kappa shape index (κ2) is 8.87. The molecule has 0 fully saturated rings. The van der Waals surface area contributed by atoms with Gasteiger partial charge >= 0.3 is 0 Å². The summed E-state index contributed by atoms with van der Waals surface area (Å²) in [6.45, 7) is 7.02. The van der Waals surface area contributed by atoms with E-state index in [0.717, 1.165) is 17.7 Å². The van der Waals surface area contributed by atoms with Crippen molar-refractivity contribution in [3.05, 3.63) is 65.2 Å². The summed E-state index contributed by atoms with van der Waals surface area (Å²) in [6.07, 6.45) is 2.59. The number of hydrogen-bond acceptors (Lipinski definition) is 3. The van der Waals surface area contributed by atoms with E-state index in [-0.39, 0.29) is 5.91 Å². The smallest absolute Gasteiger partial charge is 0.271 e. The van der Waals surface area contributed by atoms with Crippen molar-refractivity contribution in [2.75, 3.05) is 6.61 Å². The molecular formula is C20H24N2O2. The van der Waals surface area contributed by atoms with Gasteiger partial charge in [-0.25, -0.2) is 5.43 Å². The number of nitrogens with zero attached hydrogens (tertiary/aromatic N) is 1. The first-order valence-electron chi connectivity index (χ1n) is 8.26. The topological polar surface area (TPSA) is 50.7 Å². The Kier molecular flexibility index (Phi) is 6.55. The summed E-state index contributed by atoms with van der Waals surface area (Å²) < 4.78 is 5.52. The van der Waals surface area contributed by atoms with E-state index in [9.17, 15) is 4.79 Å². The summed E-state index contributed by atoms with van der Waals surface area (Å²) >= 11 is 0. The van der Waals surface area contributed by atoms with Crippen LogP contribution in [0.5, 0.6) is 5.75 Å². The molecule has 1 amide bonds. The molecule has 2 rings (SSSR count). The molecule has 2 aromatic rings. The van der Waals surface area contributed by atoms with Gasteiger partial charge in [0, 0.05) is 5.56 Å². The maximum Gasteiger partial charge on any atom is 0.271 e. The van der Waals surface area contributed by atoms with Gasteiger partial charge in [-0.15, -0.1) is 0 Å². The van der Waals surface area contributed by atoms with Crippen molar-refractivity contribution in [2.24, 2.45) is 5.10 Å². The van der Waals surface area contributed by atoms with Gasteiger partial charge in [-0.1, -0.05) is 32.9 Å². The number of rotatable bonds is 7. The molecule has 0 aliphatic heterocycles. The van der Waals surface area contributed by atoms with E-state index in [0.29, 0.717) is 18.1 Å². The molecule has 4 heteroatoms. The molecule has 2 aromatic carbocycles. The zero-order valence-corrected chi connectivity index (χ0v) is 14.5. The summed E-state index contributed by atoms with van der Waals surface area (Å²) in [4.78, 5) is 12.0. The fraction of sp³-hybridized carbons (Fsp3) is 0.300. The van der Waals surface area contributed by atoms with Crippen molar-refractivity contribution in [2.45, 2.75) is 33.1 Å². The molecular weight excluding hydrogens is 300 g/mol. The molecule has 1 N–H and O–H groups in total. The van der Waals surface area contributed by atoms with Crippen LogP contribution in [0.15, 0.2) is 53.6 Å². The van der Waals surface area contributed by atoms with E-state index in [1.807, 2.05) is 48.5 Å². The maximum atomic E-state index is 12.0. The van der Waals surface area contributed by atoms with E-state index < -0.39 is 0 Å². The average molecular weight is 324 g/mol. The van der Waals surface area contributed by atoms with Crippen LogP contribution in [-0.2, 0) is 0 Å². The fourth-order valence-electron chi connectivity index (χ4n) is 2.12. The highest BCUT2D eigenvalue weighted by Gasteiger charge is 2.05. The number of benzene rings is 2. The molecule has 0 saturated heterocycles. The number of carbonyl (C=O) groups excluding carboxylic acids is 1. The molecule has 0 bridgehead atoms. The quantitative estimate of drug-likeness (QED) is 0.607. The number of hydrogen-bond donors (Lipinski definition) is 1. The Morgan fingerprint density at radius 2 is 1.79 bits per heavy atom. The van der Waals surface area contributed by atoms with E-state index in [1.54, 1.807) is 6.21 Å². The largest absolute Gasteiger partial charge is 0.494 e. The van der Waals surface area contributed by atoms with Gasteiger partial charge in [0.05, 0.1) is 12.8 Å². The Morgan fingerprint density at radius 3 is 2.38 bits per heavy atom. The van der Waals surface area contributed by atoms with Crippen molar-refractivity contribution >= 4 is 12.1 Å². The number of nitrogens with one attached hydrogen (secondary N) is 1. The Labute approximate surface area is 143 Å². The van der Waals surface area contributed by atoms with Crippen LogP contribution in [0.3, 0.4) is 0 Å². The van der Waals surface area contributed by atoms with E-state index in [4.69, 9.17) is 4.74 Å². The molecule has 0 spiro atoms. The van der Waals surface area contributed by atoms with E-state index in [2.05, 4.69) is 31.3 Å². The monoisotopic (exact) mass is 324 g/mol. The van der Waals surface area contributed by atoms with Gasteiger partial charge in [0.15, 0.2) is 0 Å². The van der Waals surface area contributed by atoms with Crippen LogP contribution in [0.2, 0.25) is 0 Å². The molecule has 0 saturated carbocycles. The van der Waals surface area contributed by atoms with Crippen molar-refractivity contribution < 1.29 is 9.53 Å². The number of carbonyl (C=O) groups is 1. The maximum absolute atomic E-state index is 12.0. The van der Waals surface area contributed by atoms with Crippen LogP contribution >= 0.6 is 0 Å². The van der Waals surface area contributed by atoms with E-state index in [1.165, 1.54) is 5.56 Å². The molecule has 126 valence electrons. The predicted molar refractivity (Wildman–Crippen MR) is 97.8 cm³/mol. The van der Waals surface area contributed by atoms with Crippen LogP contribution in [-0.4, -0.2) is 18.7 Å². The Balaban J connectivity index is 1.89. The third kappa shape index (κ3) is 5.23. The third-order valence-electron chi connectivity index (χ3n) is 3.57. The van der Waals surface area contributed by atoms with Gasteiger partial charge in [0.25, 0.3) is 5.91 Å². The number of ether oxygens (including phenoxy) is 1. The summed E-state index contributed by atoms with van der Waals surface area (Å²) in [5.41, 5.74) is 5.25. The van der Waals surface area contributed by atoms with Gasteiger partial charge in [-0.3, -0.25) is 4.79 Å². The zero-order chi connectivity index (χ0) is 17.4. The van der Waals surface area contributed by atoms with Crippen LogP contribution in [0, 0.1) is 0 Å². The molecule has 0 heterocycles. The summed E-state index contributed by atoms with van der Waals surface area (Å²) in [6, 6.07) is 15.2. The van der Waals surface area contributed by atoms with Gasteiger partial charge in [0.1, 0.15) is 5.75 Å². The van der Waals surface area contributed by atoms with Gasteiger partial charge in [0.2, 0.25) is 0 Å². The van der Waals surface area contributed by atoms with Crippen LogP contribution in [0.4, 0.5) is 0 Å². The van der Waals surface area contributed by atoms with Crippen LogP contribution in [0.1, 0.15) is 54.6 Å². The SMILES string of the molecule is CCCOc1ccc(/C=N/NC(=O)c2ccc(C(C)C)cc2)cc1. The van der Waals surface area contributed by atoms with Crippen LogP contribution in [0.25, 0.3) is 0 Å². The standard InChI is InChI=1S/C20H24N2O2/c1-4-13-24-19-11-5-16(6-12-19)14-21-22-20(23)18-9-7-17(8-10-18)15(2)3/h5-12,14-15H,4,13H2,1-3H3,(H,22,23)/b21-14+. The highest BCUT2D eigenvalue weighted by molar-refractivity contribution is 5.94. The van der Waals surface area contributed by atoms with Gasteiger partial charge < -0.3 is 4.74 Å². The molecule has 4 nitrogen and oxygen atoms in total. The molecule has 0 unspecified atom stereocenters. The zero-order valence-electron chi connectivity index (χ0n) is 14.5. The minimum absolute atomic E-state index is 0.218. The first kappa shape index (κ1) is 17.7. The Morgan fingerprint density at radius 1 is 1.12 bits per heavy atom. The molecule has 0 radical (unpaired) electrons. The second-order valence-electron chi connectivity index (χ2n) is 5.89. The summed E-state index contributed by atoms with van der Waals surface area (Å²) in [5, 5.41) is 4.00. The normalized spacial score (nSPS) is 11.0. The average Bonchev–Trinajstić information content (AvgIpc) is 2.61. The minimum atomic E-state index is -0.218. The van der Waals surface area contributed by atoms with Crippen molar-refractivity contribution in [3.8, 4) is 5.75 Å². The molecule has 0 aromatic heterocycles. The lowest BCUT2D eigenvalue weighted by Gasteiger charge is -2.06. The lowest BCUT2D eigenvalue weighted by Crippen LogP contribution is -2.17. The summed E-state index contributed by atoms with van der Waals surface area (Å²) in [7, 11) is 0. The fourth-order valence-corrected chi connectivity index (χ4v) is 2.12. The second-order valence-corrected chi connectivity index (χ2v) is 5.89. The highest BCUT2D eigenvalue weighted by Crippen LogP contribution is 2.14. The lowest BCUT2D eigenvalue weighted by atomic mass is 10.0. The Hall–Kier alpha value is -2.62. The summed E-state index contributed by atoms with van der Waals surface area (Å²) in [5.74, 6) is 1.07. The first-order valence-corrected chi connectivity index (χ1v) is 8.26. The number of hydrazone groups is 1. The first-order chi connectivity index (χ1) is 11.6.